The lowest BCUT2D eigenvalue weighted by atomic mass is 9.68. The number of ether oxygens (including phenoxy) is 1. The Morgan fingerprint density at radius 3 is 2.29 bits per heavy atom. The van der Waals surface area contributed by atoms with Crippen molar-refractivity contribution in [3.05, 3.63) is 34.9 Å². The highest BCUT2D eigenvalue weighted by molar-refractivity contribution is 5.33. The molecule has 1 aliphatic carbocycles. The molecule has 1 atom stereocenters. The summed E-state index contributed by atoms with van der Waals surface area (Å²) in [6.07, 6.45) is 3.54. The van der Waals surface area contributed by atoms with Gasteiger partial charge in [0, 0.05) is 6.61 Å². The van der Waals surface area contributed by atoms with E-state index in [-0.39, 0.29) is 0 Å². The molecule has 2 nitrogen and oxygen atoms in total. The van der Waals surface area contributed by atoms with Crippen molar-refractivity contribution in [1.29, 1.82) is 0 Å². The Hall–Kier alpha value is -0.860. The lowest BCUT2D eigenvalue weighted by Crippen LogP contribution is -2.45. The molecule has 118 valence electrons. The quantitative estimate of drug-likeness (QED) is 0.870. The van der Waals surface area contributed by atoms with Gasteiger partial charge in [0.2, 0.25) is 0 Å². The van der Waals surface area contributed by atoms with Crippen LogP contribution in [0.15, 0.2) is 18.2 Å². The summed E-state index contributed by atoms with van der Waals surface area (Å²) in [7, 11) is 0. The molecule has 1 saturated carbocycles. The third-order valence-corrected chi connectivity index (χ3v) is 5.10. The maximum Gasteiger partial charge on any atom is 0.108 e. The van der Waals surface area contributed by atoms with E-state index in [9.17, 15) is 5.11 Å². The topological polar surface area (TPSA) is 29.5 Å². The zero-order valence-electron chi connectivity index (χ0n) is 14.2. The lowest BCUT2D eigenvalue weighted by molar-refractivity contribution is -0.153. The predicted octanol–water partition coefficient (Wildman–Crippen LogP) is 4.71. The number of rotatable bonds is 4. The van der Waals surface area contributed by atoms with E-state index in [4.69, 9.17) is 4.74 Å². The normalized spacial score (nSPS) is 22.0. The third kappa shape index (κ3) is 3.49. The van der Waals surface area contributed by atoms with Crippen molar-refractivity contribution in [2.75, 3.05) is 6.61 Å². The number of aliphatic hydroxyl groups excluding tert-OH is 1. The molecule has 0 saturated heterocycles. The zero-order chi connectivity index (χ0) is 15.7. The maximum atomic E-state index is 11.0. The van der Waals surface area contributed by atoms with Crippen LogP contribution in [0.5, 0.6) is 0 Å². The number of hydrogen-bond donors (Lipinski definition) is 1. The van der Waals surface area contributed by atoms with Gasteiger partial charge in [0.25, 0.3) is 0 Å². The zero-order valence-corrected chi connectivity index (χ0v) is 14.2. The SMILES string of the molecule is CCOC1(C(O)c2ccc(C)cc2C)CCC(C)(C)CC1. The smallest absolute Gasteiger partial charge is 0.108 e. The number of aliphatic hydroxyl groups is 1. The second-order valence-corrected chi connectivity index (χ2v) is 7.42. The van der Waals surface area contributed by atoms with Gasteiger partial charge in [-0.3, -0.25) is 0 Å². The first-order valence-corrected chi connectivity index (χ1v) is 8.19. The van der Waals surface area contributed by atoms with E-state index in [0.717, 1.165) is 36.8 Å². The van der Waals surface area contributed by atoms with Crippen LogP contribution in [-0.4, -0.2) is 17.3 Å². The van der Waals surface area contributed by atoms with Gasteiger partial charge in [-0.05, 0) is 63.0 Å². The van der Waals surface area contributed by atoms with Gasteiger partial charge in [-0.2, -0.15) is 0 Å². The van der Waals surface area contributed by atoms with Crippen LogP contribution >= 0.6 is 0 Å². The minimum absolute atomic E-state index is 0.364. The molecule has 0 amide bonds. The number of benzene rings is 1. The second-order valence-electron chi connectivity index (χ2n) is 7.42. The minimum atomic E-state index is -0.533. The van der Waals surface area contributed by atoms with Crippen LogP contribution in [0.3, 0.4) is 0 Å². The molecule has 0 heterocycles. The van der Waals surface area contributed by atoms with Crippen molar-refractivity contribution in [2.24, 2.45) is 5.41 Å². The molecule has 2 rings (SSSR count). The molecule has 2 heteroatoms. The lowest BCUT2D eigenvalue weighted by Gasteiger charge is -2.46. The minimum Gasteiger partial charge on any atom is -0.385 e. The molecule has 1 aliphatic rings. The molecule has 0 bridgehead atoms. The molecule has 1 fully saturated rings. The second kappa shape index (κ2) is 6.10. The predicted molar refractivity (Wildman–Crippen MR) is 87.5 cm³/mol. The van der Waals surface area contributed by atoms with Crippen molar-refractivity contribution in [1.82, 2.24) is 0 Å². The van der Waals surface area contributed by atoms with Gasteiger partial charge >= 0.3 is 0 Å². The van der Waals surface area contributed by atoms with Crippen molar-refractivity contribution in [3.63, 3.8) is 0 Å². The summed E-state index contributed by atoms with van der Waals surface area (Å²) in [6.45, 7) is 11.5. The molecular weight excluding hydrogens is 260 g/mol. The summed E-state index contributed by atoms with van der Waals surface area (Å²) >= 11 is 0. The third-order valence-electron chi connectivity index (χ3n) is 5.10. The summed E-state index contributed by atoms with van der Waals surface area (Å²) in [4.78, 5) is 0. The Labute approximate surface area is 129 Å². The Balaban J connectivity index is 2.29. The summed E-state index contributed by atoms with van der Waals surface area (Å²) in [5, 5.41) is 11.0. The van der Waals surface area contributed by atoms with Crippen LogP contribution in [0, 0.1) is 19.3 Å². The Kier molecular flexibility index (Phi) is 4.79. The van der Waals surface area contributed by atoms with E-state index >= 15 is 0 Å². The molecule has 1 aromatic rings. The molecule has 0 aliphatic heterocycles. The summed E-state index contributed by atoms with van der Waals surface area (Å²) in [5.41, 5.74) is 3.37. The molecule has 0 aromatic heterocycles. The van der Waals surface area contributed by atoms with Crippen molar-refractivity contribution in [3.8, 4) is 0 Å². The summed E-state index contributed by atoms with van der Waals surface area (Å²) < 4.78 is 6.12. The van der Waals surface area contributed by atoms with Crippen molar-refractivity contribution in [2.45, 2.75) is 72.0 Å². The summed E-state index contributed by atoms with van der Waals surface area (Å²) in [5.74, 6) is 0. The van der Waals surface area contributed by atoms with Gasteiger partial charge in [-0.15, -0.1) is 0 Å². The molecule has 1 aromatic carbocycles. The van der Waals surface area contributed by atoms with Crippen molar-refractivity contribution < 1.29 is 9.84 Å². The van der Waals surface area contributed by atoms with E-state index in [1.165, 1.54) is 5.56 Å². The van der Waals surface area contributed by atoms with Crippen LogP contribution in [0.2, 0.25) is 0 Å². The van der Waals surface area contributed by atoms with E-state index in [2.05, 4.69) is 45.9 Å². The van der Waals surface area contributed by atoms with Gasteiger partial charge in [0.05, 0.1) is 5.60 Å². The van der Waals surface area contributed by atoms with Crippen LogP contribution in [0.25, 0.3) is 0 Å². The monoisotopic (exact) mass is 290 g/mol. The van der Waals surface area contributed by atoms with E-state index < -0.39 is 11.7 Å². The molecular formula is C19H30O2. The van der Waals surface area contributed by atoms with Gasteiger partial charge in [-0.1, -0.05) is 37.6 Å². The average Bonchev–Trinajstić information content (AvgIpc) is 2.41. The number of hydrogen-bond acceptors (Lipinski definition) is 2. The molecule has 21 heavy (non-hydrogen) atoms. The first kappa shape index (κ1) is 16.5. The van der Waals surface area contributed by atoms with Gasteiger partial charge < -0.3 is 9.84 Å². The maximum absolute atomic E-state index is 11.0. The molecule has 0 spiro atoms. The van der Waals surface area contributed by atoms with Gasteiger partial charge in [0.1, 0.15) is 6.10 Å². The highest BCUT2D eigenvalue weighted by Crippen LogP contribution is 2.48. The standard InChI is InChI=1S/C19H30O2/c1-6-21-19(11-9-18(4,5)10-12-19)17(20)16-8-7-14(2)13-15(16)3/h7-8,13,17,20H,6,9-12H2,1-5H3. The molecule has 1 unspecified atom stereocenters. The molecule has 1 N–H and O–H groups in total. The van der Waals surface area contributed by atoms with E-state index in [1.807, 2.05) is 6.92 Å². The van der Waals surface area contributed by atoms with E-state index in [1.54, 1.807) is 0 Å². The van der Waals surface area contributed by atoms with Crippen LogP contribution < -0.4 is 0 Å². The van der Waals surface area contributed by atoms with Crippen LogP contribution in [0.1, 0.15) is 69.2 Å². The fourth-order valence-electron chi connectivity index (χ4n) is 3.55. The van der Waals surface area contributed by atoms with Crippen LogP contribution in [0.4, 0.5) is 0 Å². The number of aryl methyl sites for hydroxylation is 2. The Morgan fingerprint density at radius 1 is 1.14 bits per heavy atom. The van der Waals surface area contributed by atoms with Crippen LogP contribution in [-0.2, 0) is 4.74 Å². The highest BCUT2D eigenvalue weighted by Gasteiger charge is 2.45. The Bertz CT molecular complexity index is 480. The largest absolute Gasteiger partial charge is 0.385 e. The van der Waals surface area contributed by atoms with E-state index in [0.29, 0.717) is 12.0 Å². The van der Waals surface area contributed by atoms with Gasteiger partial charge in [0.15, 0.2) is 0 Å². The fourth-order valence-corrected chi connectivity index (χ4v) is 3.55. The Morgan fingerprint density at radius 2 is 1.76 bits per heavy atom. The first-order chi connectivity index (χ1) is 9.80. The summed E-state index contributed by atoms with van der Waals surface area (Å²) in [6, 6.07) is 6.29. The van der Waals surface area contributed by atoms with Crippen molar-refractivity contribution >= 4 is 0 Å². The first-order valence-electron chi connectivity index (χ1n) is 8.19. The average molecular weight is 290 g/mol. The highest BCUT2D eigenvalue weighted by atomic mass is 16.5. The molecule has 0 radical (unpaired) electrons. The fraction of sp³-hybridized carbons (Fsp3) is 0.684. The van der Waals surface area contributed by atoms with Gasteiger partial charge in [-0.25, -0.2) is 0 Å².